The molecule has 2 rings (SSSR count). The minimum Gasteiger partial charge on any atom is -0.383 e. The van der Waals surface area contributed by atoms with Gasteiger partial charge in [-0.15, -0.1) is 0 Å². The number of hydrogen-bond donors (Lipinski definition) is 2. The molecule has 110 valence electrons. The Bertz CT molecular complexity index is 288. The summed E-state index contributed by atoms with van der Waals surface area (Å²) in [7, 11) is 1.65. The molecule has 1 amide bonds. The van der Waals surface area contributed by atoms with Gasteiger partial charge in [0.1, 0.15) is 0 Å². The van der Waals surface area contributed by atoms with Gasteiger partial charge in [0.25, 0.3) is 0 Å². The molecule has 2 fully saturated rings. The van der Waals surface area contributed by atoms with Gasteiger partial charge in [0.15, 0.2) is 0 Å². The summed E-state index contributed by atoms with van der Waals surface area (Å²) in [5, 5.41) is 6.26. The lowest BCUT2D eigenvalue weighted by atomic mass is 10.1. The molecule has 2 heterocycles. The zero-order valence-electron chi connectivity index (χ0n) is 12.0. The van der Waals surface area contributed by atoms with Crippen LogP contribution in [0.5, 0.6) is 0 Å². The highest BCUT2D eigenvalue weighted by molar-refractivity contribution is 5.78. The molecule has 2 aliphatic heterocycles. The van der Waals surface area contributed by atoms with Gasteiger partial charge in [-0.25, -0.2) is 0 Å². The fraction of sp³-hybridized carbons (Fsp3) is 0.923. The lowest BCUT2D eigenvalue weighted by Gasteiger charge is -2.43. The summed E-state index contributed by atoms with van der Waals surface area (Å²) in [4.78, 5) is 16.6. The standard InChI is InChI=1S/C13H26N4O2/c1-11(10-19-2)15-13(18)9-16-3-5-17(6-4-16)12-7-14-8-12/h11-12,14H,3-10H2,1-2H3,(H,15,18). The maximum absolute atomic E-state index is 11.8. The predicted octanol–water partition coefficient (Wildman–Crippen LogP) is -1.27. The number of nitrogens with zero attached hydrogens (tertiary/aromatic N) is 2. The Labute approximate surface area is 115 Å². The average molecular weight is 270 g/mol. The number of piperazine rings is 1. The van der Waals surface area contributed by atoms with Gasteiger partial charge in [0.2, 0.25) is 5.91 Å². The van der Waals surface area contributed by atoms with Gasteiger partial charge >= 0.3 is 0 Å². The summed E-state index contributed by atoms with van der Waals surface area (Å²) in [6.07, 6.45) is 0. The molecule has 2 N–H and O–H groups in total. The van der Waals surface area contributed by atoms with Crippen LogP contribution in [-0.4, -0.2) is 87.3 Å². The van der Waals surface area contributed by atoms with E-state index in [1.54, 1.807) is 7.11 Å². The SMILES string of the molecule is COCC(C)NC(=O)CN1CCN(C2CNC2)CC1. The van der Waals surface area contributed by atoms with Crippen LogP contribution in [-0.2, 0) is 9.53 Å². The molecule has 0 aliphatic carbocycles. The van der Waals surface area contributed by atoms with Gasteiger partial charge in [-0.3, -0.25) is 14.6 Å². The predicted molar refractivity (Wildman–Crippen MR) is 74.2 cm³/mol. The molecular formula is C13H26N4O2. The first-order chi connectivity index (χ1) is 9.19. The third-order valence-corrected chi connectivity index (χ3v) is 3.87. The van der Waals surface area contributed by atoms with Crippen molar-refractivity contribution in [2.45, 2.75) is 19.0 Å². The third kappa shape index (κ3) is 4.42. The summed E-state index contributed by atoms with van der Waals surface area (Å²) >= 11 is 0. The highest BCUT2D eigenvalue weighted by Gasteiger charge is 2.28. The molecule has 0 spiro atoms. The second-order valence-electron chi connectivity index (χ2n) is 5.55. The van der Waals surface area contributed by atoms with Crippen LogP contribution in [0, 0.1) is 0 Å². The van der Waals surface area contributed by atoms with Crippen molar-refractivity contribution in [3.63, 3.8) is 0 Å². The van der Waals surface area contributed by atoms with E-state index in [2.05, 4.69) is 20.4 Å². The third-order valence-electron chi connectivity index (χ3n) is 3.87. The Hall–Kier alpha value is -0.690. The Kier molecular flexibility index (Phi) is 5.57. The molecule has 0 saturated carbocycles. The minimum atomic E-state index is 0.0832. The number of amides is 1. The molecule has 19 heavy (non-hydrogen) atoms. The summed E-state index contributed by atoms with van der Waals surface area (Å²) in [5.41, 5.74) is 0. The molecule has 0 aromatic heterocycles. The fourth-order valence-corrected chi connectivity index (χ4v) is 2.63. The van der Waals surface area contributed by atoms with Crippen molar-refractivity contribution < 1.29 is 9.53 Å². The van der Waals surface area contributed by atoms with Crippen LogP contribution >= 0.6 is 0 Å². The van der Waals surface area contributed by atoms with E-state index < -0.39 is 0 Å². The summed E-state index contributed by atoms with van der Waals surface area (Å²) in [6.45, 7) is 9.40. The first-order valence-electron chi connectivity index (χ1n) is 7.14. The van der Waals surface area contributed by atoms with E-state index in [1.807, 2.05) is 6.92 Å². The maximum Gasteiger partial charge on any atom is 0.234 e. The van der Waals surface area contributed by atoms with Crippen molar-refractivity contribution >= 4 is 5.91 Å². The summed E-state index contributed by atoms with van der Waals surface area (Å²) < 4.78 is 5.01. The second-order valence-corrected chi connectivity index (χ2v) is 5.55. The molecule has 1 atom stereocenters. The molecule has 2 saturated heterocycles. The van der Waals surface area contributed by atoms with Crippen molar-refractivity contribution in [1.82, 2.24) is 20.4 Å². The van der Waals surface area contributed by atoms with Crippen LogP contribution in [0.4, 0.5) is 0 Å². The molecule has 0 aromatic rings. The minimum absolute atomic E-state index is 0.0832. The Morgan fingerprint density at radius 3 is 2.58 bits per heavy atom. The van der Waals surface area contributed by atoms with Crippen molar-refractivity contribution in [3.8, 4) is 0 Å². The molecule has 6 nitrogen and oxygen atoms in total. The molecule has 1 unspecified atom stereocenters. The van der Waals surface area contributed by atoms with Crippen LogP contribution in [0.1, 0.15) is 6.92 Å². The zero-order chi connectivity index (χ0) is 13.7. The van der Waals surface area contributed by atoms with Crippen molar-refractivity contribution in [1.29, 1.82) is 0 Å². The van der Waals surface area contributed by atoms with E-state index in [0.29, 0.717) is 13.2 Å². The van der Waals surface area contributed by atoms with Crippen LogP contribution in [0.15, 0.2) is 0 Å². The first kappa shape index (κ1) is 14.7. The van der Waals surface area contributed by atoms with Gasteiger partial charge < -0.3 is 15.4 Å². The van der Waals surface area contributed by atoms with E-state index in [4.69, 9.17) is 4.74 Å². The number of rotatable bonds is 6. The number of ether oxygens (including phenoxy) is 1. The van der Waals surface area contributed by atoms with Crippen molar-refractivity contribution in [2.24, 2.45) is 0 Å². The maximum atomic E-state index is 11.8. The van der Waals surface area contributed by atoms with E-state index in [0.717, 1.165) is 45.3 Å². The number of carbonyl (C=O) groups is 1. The Morgan fingerprint density at radius 2 is 2.05 bits per heavy atom. The van der Waals surface area contributed by atoms with E-state index >= 15 is 0 Å². The second kappa shape index (κ2) is 7.19. The van der Waals surface area contributed by atoms with Gasteiger partial charge in [-0.05, 0) is 6.92 Å². The van der Waals surface area contributed by atoms with E-state index in [1.165, 1.54) is 0 Å². The van der Waals surface area contributed by atoms with Crippen LogP contribution < -0.4 is 10.6 Å². The topological polar surface area (TPSA) is 56.8 Å². The Balaban J connectivity index is 1.63. The quantitative estimate of drug-likeness (QED) is 0.630. The zero-order valence-corrected chi connectivity index (χ0v) is 12.0. The molecule has 6 heteroatoms. The highest BCUT2D eigenvalue weighted by atomic mass is 16.5. The highest BCUT2D eigenvalue weighted by Crippen LogP contribution is 2.09. The van der Waals surface area contributed by atoms with E-state index in [9.17, 15) is 4.79 Å². The first-order valence-corrected chi connectivity index (χ1v) is 7.14. The van der Waals surface area contributed by atoms with Gasteiger partial charge in [-0.1, -0.05) is 0 Å². The van der Waals surface area contributed by atoms with Crippen LogP contribution in [0.3, 0.4) is 0 Å². The number of methoxy groups -OCH3 is 1. The lowest BCUT2D eigenvalue weighted by molar-refractivity contribution is -0.123. The largest absolute Gasteiger partial charge is 0.383 e. The average Bonchev–Trinajstić information content (AvgIpc) is 2.29. The Morgan fingerprint density at radius 1 is 1.37 bits per heavy atom. The van der Waals surface area contributed by atoms with Crippen molar-refractivity contribution in [3.05, 3.63) is 0 Å². The summed E-state index contributed by atoms with van der Waals surface area (Å²) in [5.74, 6) is 0.100. The normalized spacial score (nSPS) is 23.9. The number of nitrogens with one attached hydrogen (secondary N) is 2. The monoisotopic (exact) mass is 270 g/mol. The van der Waals surface area contributed by atoms with Gasteiger partial charge in [0.05, 0.1) is 13.2 Å². The molecule has 0 bridgehead atoms. The number of hydrogen-bond acceptors (Lipinski definition) is 5. The van der Waals surface area contributed by atoms with Crippen LogP contribution in [0.25, 0.3) is 0 Å². The van der Waals surface area contributed by atoms with Crippen LogP contribution in [0.2, 0.25) is 0 Å². The molecule has 0 aromatic carbocycles. The molecule has 0 radical (unpaired) electrons. The number of carbonyl (C=O) groups excluding carboxylic acids is 1. The van der Waals surface area contributed by atoms with Gasteiger partial charge in [0, 0.05) is 58.5 Å². The van der Waals surface area contributed by atoms with E-state index in [-0.39, 0.29) is 11.9 Å². The lowest BCUT2D eigenvalue weighted by Crippen LogP contribution is -2.62. The molecular weight excluding hydrogens is 244 g/mol. The van der Waals surface area contributed by atoms with Crippen molar-refractivity contribution in [2.75, 3.05) is 59.5 Å². The fourth-order valence-electron chi connectivity index (χ4n) is 2.63. The van der Waals surface area contributed by atoms with Gasteiger partial charge in [-0.2, -0.15) is 0 Å². The summed E-state index contributed by atoms with van der Waals surface area (Å²) in [6, 6.07) is 0.803. The smallest absolute Gasteiger partial charge is 0.234 e. The molecule has 2 aliphatic rings.